The molecule has 0 aliphatic rings. The lowest BCUT2D eigenvalue weighted by Gasteiger charge is -2.01. The molecule has 0 spiro atoms. The van der Waals surface area contributed by atoms with Crippen molar-refractivity contribution in [2.24, 2.45) is 5.10 Å². The molecule has 0 aliphatic heterocycles. The van der Waals surface area contributed by atoms with E-state index in [9.17, 15) is 5.26 Å². The normalized spacial score (nSPS) is 10.5. The maximum absolute atomic E-state index is 9.36. The molecule has 0 unspecified atom stereocenters. The molecule has 1 N–H and O–H groups in total. The fraction of sp³-hybridized carbons (Fsp3) is 0.105. The summed E-state index contributed by atoms with van der Waals surface area (Å²) in [6.45, 7) is 0. The van der Waals surface area contributed by atoms with Gasteiger partial charge < -0.3 is 9.47 Å². The average molecular weight is 364 g/mol. The Hall–Kier alpha value is -3.37. The quantitative estimate of drug-likeness (QED) is 0.525. The Balaban J connectivity index is 1.75. The van der Waals surface area contributed by atoms with Crippen LogP contribution in [0.15, 0.2) is 53.6 Å². The van der Waals surface area contributed by atoms with Crippen molar-refractivity contribution < 1.29 is 9.47 Å². The summed E-state index contributed by atoms with van der Waals surface area (Å²) in [7, 11) is 3.24. The number of aromatic nitrogens is 1. The molecule has 130 valence electrons. The van der Waals surface area contributed by atoms with Crippen LogP contribution >= 0.6 is 11.3 Å². The van der Waals surface area contributed by atoms with Gasteiger partial charge in [0.15, 0.2) is 0 Å². The van der Waals surface area contributed by atoms with Gasteiger partial charge in [0.1, 0.15) is 28.1 Å². The molecule has 1 aromatic heterocycles. The van der Waals surface area contributed by atoms with Gasteiger partial charge in [-0.1, -0.05) is 11.3 Å². The van der Waals surface area contributed by atoms with Crippen LogP contribution in [0.5, 0.6) is 11.5 Å². The highest BCUT2D eigenvalue weighted by molar-refractivity contribution is 7.16. The molecule has 0 saturated heterocycles. The number of methoxy groups -OCH3 is 2. The molecule has 0 aliphatic carbocycles. The highest BCUT2D eigenvalue weighted by atomic mass is 32.1. The Bertz CT molecular complexity index is 941. The summed E-state index contributed by atoms with van der Waals surface area (Å²) in [5, 5.41) is 14.1. The predicted molar refractivity (Wildman–Crippen MR) is 103 cm³/mol. The minimum absolute atomic E-state index is 0.525. The number of nitrogens with zero attached hydrogens (tertiary/aromatic N) is 3. The Kier molecular flexibility index (Phi) is 5.46. The molecule has 7 heteroatoms. The summed E-state index contributed by atoms with van der Waals surface area (Å²) in [5.74, 6) is 1.54. The fourth-order valence-electron chi connectivity index (χ4n) is 2.24. The van der Waals surface area contributed by atoms with Gasteiger partial charge in [0.05, 0.1) is 20.4 Å². The maximum Gasteiger partial charge on any atom is 0.205 e. The minimum atomic E-state index is 0.525. The molecule has 0 saturated carbocycles. The Morgan fingerprint density at radius 3 is 2.23 bits per heavy atom. The summed E-state index contributed by atoms with van der Waals surface area (Å²) >= 11 is 1.26. The first kappa shape index (κ1) is 17.5. The van der Waals surface area contributed by atoms with Crippen molar-refractivity contribution in [3.63, 3.8) is 0 Å². The molecule has 26 heavy (non-hydrogen) atoms. The largest absolute Gasteiger partial charge is 0.497 e. The van der Waals surface area contributed by atoms with E-state index in [1.807, 2.05) is 48.5 Å². The maximum atomic E-state index is 9.36. The van der Waals surface area contributed by atoms with Gasteiger partial charge in [-0.3, -0.25) is 5.43 Å². The molecule has 3 aromatic rings. The van der Waals surface area contributed by atoms with E-state index in [-0.39, 0.29) is 0 Å². The zero-order valence-corrected chi connectivity index (χ0v) is 15.1. The van der Waals surface area contributed by atoms with Crippen molar-refractivity contribution in [3.05, 3.63) is 59.0 Å². The number of hydrazone groups is 1. The van der Waals surface area contributed by atoms with Crippen LogP contribution in [-0.2, 0) is 0 Å². The van der Waals surface area contributed by atoms with Crippen LogP contribution in [-0.4, -0.2) is 25.4 Å². The molecule has 0 amide bonds. The van der Waals surface area contributed by atoms with E-state index < -0.39 is 0 Å². The molecule has 1 heterocycles. The van der Waals surface area contributed by atoms with Crippen LogP contribution in [0.4, 0.5) is 5.13 Å². The average Bonchev–Trinajstić information content (AvgIpc) is 3.12. The van der Waals surface area contributed by atoms with Gasteiger partial charge in [-0.25, -0.2) is 4.98 Å². The van der Waals surface area contributed by atoms with Gasteiger partial charge in [0, 0.05) is 5.56 Å². The first-order valence-corrected chi connectivity index (χ1v) is 8.53. The molecule has 0 bridgehead atoms. The molecule has 6 nitrogen and oxygen atoms in total. The van der Waals surface area contributed by atoms with Gasteiger partial charge in [-0.15, -0.1) is 0 Å². The second-order valence-corrected chi connectivity index (χ2v) is 6.18. The summed E-state index contributed by atoms with van der Waals surface area (Å²) in [6.07, 6.45) is 1.68. The van der Waals surface area contributed by atoms with Crippen LogP contribution in [0.2, 0.25) is 0 Å². The van der Waals surface area contributed by atoms with Crippen molar-refractivity contribution in [2.45, 2.75) is 0 Å². The molecule has 0 radical (unpaired) electrons. The van der Waals surface area contributed by atoms with Crippen LogP contribution < -0.4 is 14.9 Å². The van der Waals surface area contributed by atoms with Gasteiger partial charge in [0.2, 0.25) is 5.13 Å². The highest BCUT2D eigenvalue weighted by Gasteiger charge is 2.12. The van der Waals surface area contributed by atoms with Gasteiger partial charge in [0.25, 0.3) is 0 Å². The number of hydrogen-bond acceptors (Lipinski definition) is 7. The third-order valence-electron chi connectivity index (χ3n) is 3.58. The highest BCUT2D eigenvalue weighted by Crippen LogP contribution is 2.31. The number of nitriles is 1. The number of anilines is 1. The number of ether oxygens (including phenoxy) is 2. The standard InChI is InChI=1S/C19H16N4O2S/c1-24-15-7-3-13(4-8-15)12-21-23-19-22-18(17(11-20)26-19)14-5-9-16(25-2)10-6-14/h3-10,12H,1-2H3,(H,22,23)/b21-12+. The van der Waals surface area contributed by atoms with E-state index in [1.165, 1.54) is 11.3 Å². The molecular weight excluding hydrogens is 348 g/mol. The van der Waals surface area contributed by atoms with Crippen LogP contribution in [0.1, 0.15) is 10.4 Å². The van der Waals surface area contributed by atoms with Crippen molar-refractivity contribution in [1.29, 1.82) is 5.26 Å². The van der Waals surface area contributed by atoms with E-state index in [0.717, 1.165) is 22.6 Å². The third-order valence-corrected chi connectivity index (χ3v) is 4.45. The Morgan fingerprint density at radius 2 is 1.65 bits per heavy atom. The van der Waals surface area contributed by atoms with Gasteiger partial charge >= 0.3 is 0 Å². The van der Waals surface area contributed by atoms with E-state index >= 15 is 0 Å². The first-order chi connectivity index (χ1) is 12.7. The summed E-state index contributed by atoms with van der Waals surface area (Å²) in [5.41, 5.74) is 5.28. The van der Waals surface area contributed by atoms with Gasteiger partial charge in [-0.2, -0.15) is 10.4 Å². The SMILES string of the molecule is COc1ccc(/C=N/Nc2nc(-c3ccc(OC)cc3)c(C#N)s2)cc1. The van der Waals surface area contributed by atoms with Crippen LogP contribution in [0.3, 0.4) is 0 Å². The number of thiazole rings is 1. The minimum Gasteiger partial charge on any atom is -0.497 e. The monoisotopic (exact) mass is 364 g/mol. The van der Waals surface area contributed by atoms with Crippen molar-refractivity contribution in [1.82, 2.24) is 4.98 Å². The number of nitrogens with one attached hydrogen (secondary N) is 1. The molecule has 2 aromatic carbocycles. The number of rotatable bonds is 6. The smallest absolute Gasteiger partial charge is 0.205 e. The van der Waals surface area contributed by atoms with Crippen LogP contribution in [0.25, 0.3) is 11.3 Å². The third kappa shape index (κ3) is 3.99. The van der Waals surface area contributed by atoms with Crippen molar-refractivity contribution >= 4 is 22.7 Å². The lowest BCUT2D eigenvalue weighted by atomic mass is 10.1. The zero-order chi connectivity index (χ0) is 18.4. The molecule has 3 rings (SSSR count). The topological polar surface area (TPSA) is 79.5 Å². The Morgan fingerprint density at radius 1 is 1.04 bits per heavy atom. The lowest BCUT2D eigenvalue weighted by molar-refractivity contribution is 0.414. The van der Waals surface area contributed by atoms with E-state index in [0.29, 0.717) is 15.7 Å². The second-order valence-electron chi connectivity index (χ2n) is 5.18. The van der Waals surface area contributed by atoms with Gasteiger partial charge in [-0.05, 0) is 54.1 Å². The number of hydrogen-bond donors (Lipinski definition) is 1. The fourth-order valence-corrected chi connectivity index (χ4v) is 2.97. The first-order valence-electron chi connectivity index (χ1n) is 7.72. The molecule has 0 atom stereocenters. The zero-order valence-electron chi connectivity index (χ0n) is 14.3. The Labute approximate surface area is 155 Å². The summed E-state index contributed by atoms with van der Waals surface area (Å²) < 4.78 is 10.3. The van der Waals surface area contributed by atoms with E-state index in [1.54, 1.807) is 20.4 Å². The van der Waals surface area contributed by atoms with Crippen LogP contribution in [0, 0.1) is 11.3 Å². The van der Waals surface area contributed by atoms with E-state index in [4.69, 9.17) is 9.47 Å². The lowest BCUT2D eigenvalue weighted by Crippen LogP contribution is -1.90. The summed E-state index contributed by atoms with van der Waals surface area (Å²) in [6, 6.07) is 17.1. The summed E-state index contributed by atoms with van der Waals surface area (Å²) in [4.78, 5) is 5.00. The second kappa shape index (κ2) is 8.14. The number of benzene rings is 2. The molecule has 0 fully saturated rings. The van der Waals surface area contributed by atoms with Crippen molar-refractivity contribution in [3.8, 4) is 28.8 Å². The predicted octanol–water partition coefficient (Wildman–Crippen LogP) is 4.14. The van der Waals surface area contributed by atoms with E-state index in [2.05, 4.69) is 21.6 Å². The molecular formula is C19H16N4O2S. The van der Waals surface area contributed by atoms with Crippen molar-refractivity contribution in [2.75, 3.05) is 19.6 Å².